The molecule has 1 fully saturated rings. The normalized spacial score (nSPS) is 19.5. The van der Waals surface area contributed by atoms with E-state index in [4.69, 9.17) is 37.9 Å². The van der Waals surface area contributed by atoms with Crippen LogP contribution in [-0.2, 0) is 30.3 Å². The Balaban J connectivity index is 1.11. The summed E-state index contributed by atoms with van der Waals surface area (Å²) in [6.07, 6.45) is -0.905. The molecule has 0 spiro atoms. The Kier molecular flexibility index (Phi) is 10.0. The van der Waals surface area contributed by atoms with Crippen LogP contribution in [0.4, 0.5) is 5.69 Å². The van der Waals surface area contributed by atoms with Crippen molar-refractivity contribution < 1.29 is 52.3 Å². The third-order valence-electron chi connectivity index (χ3n) is 9.90. The number of anilines is 1. The molecule has 0 unspecified atom stereocenters. The van der Waals surface area contributed by atoms with Gasteiger partial charge in [-0.05, 0) is 76.7 Å². The molecule has 0 bridgehead atoms. The Labute approximate surface area is 307 Å². The van der Waals surface area contributed by atoms with E-state index in [0.29, 0.717) is 57.2 Å². The Morgan fingerprint density at radius 3 is 2.21 bits per heavy atom. The van der Waals surface area contributed by atoms with Gasteiger partial charge in [-0.1, -0.05) is 38.1 Å². The quantitative estimate of drug-likeness (QED) is 0.164. The number of nitrogens with one attached hydrogen (secondary N) is 1. The summed E-state index contributed by atoms with van der Waals surface area (Å²) in [4.78, 5) is 39.9. The molecule has 0 aromatic heterocycles. The molecule has 2 heterocycles. The lowest BCUT2D eigenvalue weighted by molar-refractivity contribution is -0.153. The molecule has 2 aliphatic heterocycles. The highest BCUT2D eigenvalue weighted by Crippen LogP contribution is 2.56. The number of methoxy groups -OCH3 is 3. The maximum Gasteiger partial charge on any atom is 0.310 e. The molecule has 4 aromatic rings. The van der Waals surface area contributed by atoms with E-state index in [9.17, 15) is 14.4 Å². The number of esters is 2. The third-order valence-corrected chi connectivity index (χ3v) is 9.90. The standard InChI is InChI=1S/C41H41NO11/c1-22(2)24-9-11-27(12-10-24)49-20-35(43)42-26-8-6-7-23(13-26)14-36(44)53-39-29-18-32-31(51-21-52-32)17-28(29)37(38-30(39)19-50-41(38)45)25-15-33(46-3)40(48-5)34(16-25)47-4/h6-13,15-18,22,30,37-39H,14,19-21H2,1-5H3,(H,42,43)/t30-,37+,38-,39-/m0/s1. The van der Waals surface area contributed by atoms with Gasteiger partial charge in [0.1, 0.15) is 11.9 Å². The van der Waals surface area contributed by atoms with Gasteiger partial charge in [0.05, 0.1) is 40.3 Å². The molecule has 1 aliphatic carbocycles. The van der Waals surface area contributed by atoms with E-state index in [2.05, 4.69) is 19.2 Å². The Hall–Kier alpha value is -5.91. The zero-order chi connectivity index (χ0) is 37.2. The van der Waals surface area contributed by atoms with Gasteiger partial charge < -0.3 is 43.2 Å². The van der Waals surface area contributed by atoms with Gasteiger partial charge in [-0.3, -0.25) is 14.4 Å². The zero-order valence-electron chi connectivity index (χ0n) is 30.1. The molecule has 276 valence electrons. The van der Waals surface area contributed by atoms with Gasteiger partial charge in [0.15, 0.2) is 29.6 Å². The lowest BCUT2D eigenvalue weighted by atomic mass is 9.66. The SMILES string of the molecule is COc1cc([C@@H]2c3cc4c(cc3[C@H](OC(=O)Cc3cccc(NC(=O)COc5ccc(C(C)C)cc5)c3)[C@H]3COC(=O)[C@H]23)OCO4)cc(OC)c1OC. The number of carbonyl (C=O) groups is 3. The second-order valence-corrected chi connectivity index (χ2v) is 13.4. The molecule has 0 radical (unpaired) electrons. The van der Waals surface area contributed by atoms with Crippen molar-refractivity contribution in [2.75, 3.05) is 46.7 Å². The van der Waals surface area contributed by atoms with Crippen molar-refractivity contribution >= 4 is 23.5 Å². The highest BCUT2D eigenvalue weighted by atomic mass is 16.7. The number of hydrogen-bond acceptors (Lipinski definition) is 11. The van der Waals surface area contributed by atoms with Crippen LogP contribution in [0.25, 0.3) is 0 Å². The molecule has 53 heavy (non-hydrogen) atoms. The smallest absolute Gasteiger partial charge is 0.310 e. The van der Waals surface area contributed by atoms with Crippen LogP contribution in [0.2, 0.25) is 0 Å². The van der Waals surface area contributed by atoms with E-state index in [-0.39, 0.29) is 32.3 Å². The maximum absolute atomic E-state index is 13.7. The lowest BCUT2D eigenvalue weighted by Crippen LogP contribution is -2.36. The van der Waals surface area contributed by atoms with Gasteiger partial charge in [-0.25, -0.2) is 0 Å². The predicted molar refractivity (Wildman–Crippen MR) is 192 cm³/mol. The Bertz CT molecular complexity index is 2000. The van der Waals surface area contributed by atoms with Crippen molar-refractivity contribution in [2.45, 2.75) is 38.2 Å². The number of benzene rings is 4. The molecule has 12 heteroatoms. The number of amides is 1. The fourth-order valence-corrected chi connectivity index (χ4v) is 7.35. The molecule has 4 atom stereocenters. The molecule has 1 N–H and O–H groups in total. The minimum Gasteiger partial charge on any atom is -0.493 e. The van der Waals surface area contributed by atoms with Gasteiger partial charge in [0.25, 0.3) is 5.91 Å². The van der Waals surface area contributed by atoms with Crippen molar-refractivity contribution in [3.63, 3.8) is 0 Å². The van der Waals surface area contributed by atoms with E-state index in [1.165, 1.54) is 26.9 Å². The second-order valence-electron chi connectivity index (χ2n) is 13.4. The first-order chi connectivity index (χ1) is 25.7. The number of hydrogen-bond donors (Lipinski definition) is 1. The highest BCUT2D eigenvalue weighted by molar-refractivity contribution is 5.92. The number of rotatable bonds is 12. The minimum absolute atomic E-state index is 0.0385. The van der Waals surface area contributed by atoms with Crippen molar-refractivity contribution in [3.05, 3.63) is 101 Å². The number of fused-ring (bicyclic) bond motifs is 3. The molecule has 3 aliphatic rings. The largest absolute Gasteiger partial charge is 0.493 e. The van der Waals surface area contributed by atoms with Crippen LogP contribution in [0.3, 0.4) is 0 Å². The first kappa shape index (κ1) is 35.5. The van der Waals surface area contributed by atoms with Crippen molar-refractivity contribution in [1.82, 2.24) is 0 Å². The van der Waals surface area contributed by atoms with Crippen molar-refractivity contribution in [1.29, 1.82) is 0 Å². The van der Waals surface area contributed by atoms with Gasteiger partial charge in [0.2, 0.25) is 12.5 Å². The van der Waals surface area contributed by atoms with E-state index >= 15 is 0 Å². The molecule has 7 rings (SSSR count). The first-order valence-electron chi connectivity index (χ1n) is 17.4. The average Bonchev–Trinajstić information content (AvgIpc) is 3.78. The summed E-state index contributed by atoms with van der Waals surface area (Å²) in [6.45, 7) is 4.14. The number of carbonyl (C=O) groups excluding carboxylic acids is 3. The summed E-state index contributed by atoms with van der Waals surface area (Å²) in [5, 5.41) is 2.83. The summed E-state index contributed by atoms with van der Waals surface area (Å²) in [5.41, 5.74) is 4.46. The van der Waals surface area contributed by atoms with Gasteiger partial charge >= 0.3 is 11.9 Å². The van der Waals surface area contributed by atoms with Crippen molar-refractivity contribution in [2.24, 2.45) is 11.8 Å². The van der Waals surface area contributed by atoms with Crippen LogP contribution in [-0.4, -0.2) is 59.2 Å². The van der Waals surface area contributed by atoms with E-state index in [1.807, 2.05) is 48.5 Å². The van der Waals surface area contributed by atoms with Crippen LogP contribution in [0, 0.1) is 11.8 Å². The van der Waals surface area contributed by atoms with Crippen LogP contribution >= 0.6 is 0 Å². The fraction of sp³-hybridized carbons (Fsp3) is 0.341. The zero-order valence-corrected chi connectivity index (χ0v) is 30.1. The molecule has 12 nitrogen and oxygen atoms in total. The monoisotopic (exact) mass is 723 g/mol. The minimum atomic E-state index is -0.823. The summed E-state index contributed by atoms with van der Waals surface area (Å²) in [7, 11) is 4.58. The summed E-state index contributed by atoms with van der Waals surface area (Å²) in [5.74, 6) is 0.327. The van der Waals surface area contributed by atoms with Crippen LogP contribution < -0.4 is 33.7 Å². The summed E-state index contributed by atoms with van der Waals surface area (Å²) in [6, 6.07) is 21.9. The fourth-order valence-electron chi connectivity index (χ4n) is 7.35. The van der Waals surface area contributed by atoms with Gasteiger partial charge in [0, 0.05) is 23.1 Å². The molecule has 1 saturated heterocycles. The van der Waals surface area contributed by atoms with Crippen LogP contribution in [0.15, 0.2) is 72.8 Å². The molecule has 4 aromatic carbocycles. The van der Waals surface area contributed by atoms with E-state index < -0.39 is 35.8 Å². The lowest BCUT2D eigenvalue weighted by Gasteiger charge is -2.38. The van der Waals surface area contributed by atoms with Crippen LogP contribution in [0.1, 0.15) is 59.6 Å². The molecular weight excluding hydrogens is 682 g/mol. The topological polar surface area (TPSA) is 137 Å². The highest BCUT2D eigenvalue weighted by Gasteiger charge is 2.54. The van der Waals surface area contributed by atoms with E-state index in [0.717, 1.165) is 11.1 Å². The van der Waals surface area contributed by atoms with Crippen molar-refractivity contribution in [3.8, 4) is 34.5 Å². The Morgan fingerprint density at radius 1 is 0.849 bits per heavy atom. The molecular formula is C41H41NO11. The van der Waals surface area contributed by atoms with Crippen LogP contribution in [0.5, 0.6) is 34.5 Å². The Morgan fingerprint density at radius 2 is 1.55 bits per heavy atom. The molecule has 0 saturated carbocycles. The maximum atomic E-state index is 13.7. The number of cyclic esters (lactones) is 1. The van der Waals surface area contributed by atoms with E-state index in [1.54, 1.807) is 24.3 Å². The molecule has 1 amide bonds. The summed E-state index contributed by atoms with van der Waals surface area (Å²) >= 11 is 0. The second kappa shape index (κ2) is 15.0. The first-order valence-corrected chi connectivity index (χ1v) is 17.4. The predicted octanol–water partition coefficient (Wildman–Crippen LogP) is 6.34. The summed E-state index contributed by atoms with van der Waals surface area (Å²) < 4.78 is 45.9. The van der Waals surface area contributed by atoms with Gasteiger partial charge in [-0.15, -0.1) is 0 Å². The number of ether oxygens (including phenoxy) is 8. The third kappa shape index (κ3) is 7.13. The average molecular weight is 724 g/mol. The van der Waals surface area contributed by atoms with Gasteiger partial charge in [-0.2, -0.15) is 0 Å².